The highest BCUT2D eigenvalue weighted by Crippen LogP contribution is 2.26. The van der Waals surface area contributed by atoms with E-state index in [1.54, 1.807) is 0 Å². The standard InChI is InChI=1S/C22H45N/c1-3-5-6-7-8-9-10-11-12-16-20-23(4-2)21-19-22-17-14-13-15-18-22/h22H,3-21H2,1-2H3. The van der Waals surface area contributed by atoms with Crippen molar-refractivity contribution in [1.82, 2.24) is 4.90 Å². The van der Waals surface area contributed by atoms with Crippen molar-refractivity contribution in [3.05, 3.63) is 0 Å². The van der Waals surface area contributed by atoms with Gasteiger partial charge in [-0.1, -0.05) is 104 Å². The molecule has 1 heteroatoms. The van der Waals surface area contributed by atoms with Gasteiger partial charge in [0.2, 0.25) is 0 Å². The van der Waals surface area contributed by atoms with Crippen LogP contribution < -0.4 is 0 Å². The lowest BCUT2D eigenvalue weighted by atomic mass is 9.87. The van der Waals surface area contributed by atoms with E-state index < -0.39 is 0 Å². The number of hydrogen-bond donors (Lipinski definition) is 0. The van der Waals surface area contributed by atoms with Crippen molar-refractivity contribution in [1.29, 1.82) is 0 Å². The summed E-state index contributed by atoms with van der Waals surface area (Å²) in [7, 11) is 0. The third kappa shape index (κ3) is 12.0. The Morgan fingerprint density at radius 3 is 1.78 bits per heavy atom. The number of unbranched alkanes of at least 4 members (excludes halogenated alkanes) is 9. The Morgan fingerprint density at radius 2 is 1.22 bits per heavy atom. The Labute approximate surface area is 147 Å². The summed E-state index contributed by atoms with van der Waals surface area (Å²) in [6.45, 7) is 8.61. The van der Waals surface area contributed by atoms with Gasteiger partial charge in [0.25, 0.3) is 0 Å². The van der Waals surface area contributed by atoms with Crippen LogP contribution >= 0.6 is 0 Å². The first-order chi connectivity index (χ1) is 11.4. The van der Waals surface area contributed by atoms with Crippen molar-refractivity contribution in [2.45, 2.75) is 117 Å². The number of rotatable bonds is 15. The first kappa shape index (κ1) is 21.0. The topological polar surface area (TPSA) is 3.24 Å². The van der Waals surface area contributed by atoms with Gasteiger partial charge in [-0.2, -0.15) is 0 Å². The SMILES string of the molecule is CCCCCCCCCCCCN(CC)CCC1CCCCC1. The van der Waals surface area contributed by atoms with Gasteiger partial charge in [0.05, 0.1) is 0 Å². The minimum atomic E-state index is 1.05. The summed E-state index contributed by atoms with van der Waals surface area (Å²) in [5.41, 5.74) is 0. The molecule has 1 aliphatic carbocycles. The molecule has 138 valence electrons. The summed E-state index contributed by atoms with van der Waals surface area (Å²) < 4.78 is 0. The summed E-state index contributed by atoms with van der Waals surface area (Å²) in [4.78, 5) is 2.71. The van der Waals surface area contributed by atoms with Crippen molar-refractivity contribution in [3.8, 4) is 0 Å². The summed E-state index contributed by atoms with van der Waals surface area (Å²) in [6, 6.07) is 0. The van der Waals surface area contributed by atoms with Crippen LogP contribution in [0.5, 0.6) is 0 Å². The molecule has 0 heterocycles. The molecule has 1 aliphatic rings. The summed E-state index contributed by atoms with van der Waals surface area (Å²) >= 11 is 0. The molecule has 0 N–H and O–H groups in total. The average Bonchev–Trinajstić information content (AvgIpc) is 2.60. The number of hydrogen-bond acceptors (Lipinski definition) is 1. The zero-order valence-electron chi connectivity index (χ0n) is 16.5. The molecule has 1 saturated carbocycles. The van der Waals surface area contributed by atoms with Gasteiger partial charge in [0, 0.05) is 0 Å². The van der Waals surface area contributed by atoms with Crippen LogP contribution in [-0.2, 0) is 0 Å². The van der Waals surface area contributed by atoms with E-state index >= 15 is 0 Å². The molecule has 0 atom stereocenters. The van der Waals surface area contributed by atoms with Gasteiger partial charge in [-0.15, -0.1) is 0 Å². The average molecular weight is 324 g/mol. The van der Waals surface area contributed by atoms with Crippen molar-refractivity contribution in [2.24, 2.45) is 5.92 Å². The molecule has 0 unspecified atom stereocenters. The molecule has 0 aromatic carbocycles. The molecule has 0 saturated heterocycles. The fraction of sp³-hybridized carbons (Fsp3) is 1.00. The molecule has 1 fully saturated rings. The van der Waals surface area contributed by atoms with Gasteiger partial charge in [0.1, 0.15) is 0 Å². The van der Waals surface area contributed by atoms with E-state index in [-0.39, 0.29) is 0 Å². The molecule has 0 aromatic rings. The summed E-state index contributed by atoms with van der Waals surface area (Å²) in [6.07, 6.45) is 23.5. The Bertz CT molecular complexity index is 232. The fourth-order valence-corrected chi connectivity index (χ4v) is 4.09. The van der Waals surface area contributed by atoms with Gasteiger partial charge in [-0.25, -0.2) is 0 Å². The minimum Gasteiger partial charge on any atom is -0.304 e. The molecule has 0 spiro atoms. The smallest absolute Gasteiger partial charge is 0.00162 e. The minimum absolute atomic E-state index is 1.05. The van der Waals surface area contributed by atoms with Crippen molar-refractivity contribution in [3.63, 3.8) is 0 Å². The van der Waals surface area contributed by atoms with E-state index in [1.807, 2.05) is 0 Å². The molecule has 1 nitrogen and oxygen atoms in total. The highest BCUT2D eigenvalue weighted by atomic mass is 15.1. The normalized spacial score (nSPS) is 16.3. The lowest BCUT2D eigenvalue weighted by Gasteiger charge is -2.26. The lowest BCUT2D eigenvalue weighted by molar-refractivity contribution is 0.236. The van der Waals surface area contributed by atoms with Crippen molar-refractivity contribution in [2.75, 3.05) is 19.6 Å². The predicted molar refractivity (Wildman–Crippen MR) is 105 cm³/mol. The Kier molecular flexibility index (Phi) is 14.1. The maximum absolute atomic E-state index is 2.71. The van der Waals surface area contributed by atoms with Crippen LogP contribution in [0.15, 0.2) is 0 Å². The van der Waals surface area contributed by atoms with Gasteiger partial charge in [-0.05, 0) is 38.4 Å². The van der Waals surface area contributed by atoms with Crippen molar-refractivity contribution >= 4 is 0 Å². The fourth-order valence-electron chi connectivity index (χ4n) is 4.09. The second-order valence-electron chi connectivity index (χ2n) is 7.91. The molecule has 0 radical (unpaired) electrons. The van der Waals surface area contributed by atoms with Gasteiger partial charge < -0.3 is 4.90 Å². The Morgan fingerprint density at radius 1 is 0.652 bits per heavy atom. The van der Waals surface area contributed by atoms with Gasteiger partial charge in [0.15, 0.2) is 0 Å². The van der Waals surface area contributed by atoms with Crippen LogP contribution in [0.1, 0.15) is 117 Å². The van der Waals surface area contributed by atoms with Crippen LogP contribution in [-0.4, -0.2) is 24.5 Å². The van der Waals surface area contributed by atoms with Crippen LogP contribution in [0.3, 0.4) is 0 Å². The van der Waals surface area contributed by atoms with Crippen LogP contribution in [0.4, 0.5) is 0 Å². The third-order valence-electron chi connectivity index (χ3n) is 5.85. The third-order valence-corrected chi connectivity index (χ3v) is 5.85. The molecule has 0 aliphatic heterocycles. The summed E-state index contributed by atoms with van der Waals surface area (Å²) in [5.74, 6) is 1.05. The second kappa shape index (κ2) is 15.5. The zero-order valence-corrected chi connectivity index (χ0v) is 16.5. The lowest BCUT2D eigenvalue weighted by Crippen LogP contribution is -2.27. The molecular formula is C22H45N. The summed E-state index contributed by atoms with van der Waals surface area (Å²) in [5, 5.41) is 0. The van der Waals surface area contributed by atoms with Crippen LogP contribution in [0, 0.1) is 5.92 Å². The Balaban J connectivity index is 1.88. The number of nitrogens with zero attached hydrogens (tertiary/aromatic N) is 1. The highest BCUT2D eigenvalue weighted by Gasteiger charge is 2.14. The monoisotopic (exact) mass is 323 g/mol. The maximum Gasteiger partial charge on any atom is -0.00162 e. The second-order valence-corrected chi connectivity index (χ2v) is 7.91. The predicted octanol–water partition coefficient (Wildman–Crippen LogP) is 7.20. The van der Waals surface area contributed by atoms with Crippen LogP contribution in [0.25, 0.3) is 0 Å². The van der Waals surface area contributed by atoms with E-state index in [4.69, 9.17) is 0 Å². The van der Waals surface area contributed by atoms with Crippen molar-refractivity contribution < 1.29 is 0 Å². The molecule has 0 amide bonds. The highest BCUT2D eigenvalue weighted by molar-refractivity contribution is 4.68. The van der Waals surface area contributed by atoms with E-state index in [1.165, 1.54) is 122 Å². The zero-order chi connectivity index (χ0) is 16.6. The van der Waals surface area contributed by atoms with E-state index in [0.29, 0.717) is 0 Å². The molecule has 0 bridgehead atoms. The molecular weight excluding hydrogens is 278 g/mol. The van der Waals surface area contributed by atoms with E-state index in [0.717, 1.165) is 5.92 Å². The van der Waals surface area contributed by atoms with Gasteiger partial charge in [-0.3, -0.25) is 0 Å². The first-order valence-electron chi connectivity index (χ1n) is 11.1. The quantitative estimate of drug-likeness (QED) is 0.288. The maximum atomic E-state index is 2.71. The first-order valence-corrected chi connectivity index (χ1v) is 11.1. The Hall–Kier alpha value is -0.0400. The van der Waals surface area contributed by atoms with E-state index in [2.05, 4.69) is 18.7 Å². The van der Waals surface area contributed by atoms with Gasteiger partial charge >= 0.3 is 0 Å². The largest absolute Gasteiger partial charge is 0.304 e. The molecule has 1 rings (SSSR count). The molecule has 0 aromatic heterocycles. The molecule has 23 heavy (non-hydrogen) atoms. The van der Waals surface area contributed by atoms with Crippen LogP contribution in [0.2, 0.25) is 0 Å². The van der Waals surface area contributed by atoms with E-state index in [9.17, 15) is 0 Å².